The first-order valence-electron chi connectivity index (χ1n) is 0. The number of rotatable bonds is 0. The van der Waals surface area contributed by atoms with Crippen LogP contribution in [0.2, 0.25) is 0 Å². The van der Waals surface area contributed by atoms with Crippen LogP contribution in [0.4, 0.5) is 0 Å². The molecule has 0 saturated heterocycles. The van der Waals surface area contributed by atoms with Gasteiger partial charge in [0.25, 0.3) is 0 Å². The van der Waals surface area contributed by atoms with Gasteiger partial charge in [-0.2, -0.15) is 0 Å². The standard InChI is InChI=1S/K.N.H2O.P/h;;1H2;. The van der Waals surface area contributed by atoms with Crippen LogP contribution in [0.3, 0.4) is 0 Å². The maximum absolute atomic E-state index is 0. The normalized spacial score (nSPS) is 0. The number of hydrogen-bond acceptors (Lipinski definition) is 0. The van der Waals surface area contributed by atoms with E-state index in [0.29, 0.717) is 0 Å². The minimum absolute atomic E-state index is 0. The van der Waals surface area contributed by atoms with E-state index in [4.69, 9.17) is 0 Å². The van der Waals surface area contributed by atoms with Crippen molar-refractivity contribution in [2.24, 2.45) is 0 Å². The Hall–Kier alpha value is 1.99. The van der Waals surface area contributed by atoms with Crippen LogP contribution in [0.15, 0.2) is 0 Å². The van der Waals surface area contributed by atoms with Crippen molar-refractivity contribution >= 4 is 61.3 Å². The Morgan fingerprint density at radius 3 is 1.00 bits per heavy atom. The SMILES string of the molecule is O.[K].[N].[P]. The molecule has 0 aromatic rings. The Kier molecular flexibility index (Phi) is 189. The summed E-state index contributed by atoms with van der Waals surface area (Å²) in [7, 11) is 0. The molecule has 0 aliphatic carbocycles. The van der Waals surface area contributed by atoms with Gasteiger partial charge in [0.05, 0.1) is 0 Å². The molecule has 0 aromatic carbocycles. The molecule has 0 aliphatic rings. The second kappa shape index (κ2) is 20.1. The molecule has 0 fully saturated rings. The molecular formula is H2KNOP. The van der Waals surface area contributed by atoms with Crippen molar-refractivity contribution < 1.29 is 5.48 Å². The van der Waals surface area contributed by atoms with Gasteiger partial charge in [0.15, 0.2) is 0 Å². The molecule has 2 N–H and O–H groups in total. The van der Waals surface area contributed by atoms with Crippen LogP contribution in [0.25, 0.3) is 0 Å². The fourth-order valence-corrected chi connectivity index (χ4v) is 0. The van der Waals surface area contributed by atoms with Crippen LogP contribution in [-0.2, 0) is 0 Å². The summed E-state index contributed by atoms with van der Waals surface area (Å²) in [6, 6.07) is 0. The molecule has 19 valence electrons. The van der Waals surface area contributed by atoms with Crippen molar-refractivity contribution in [3.8, 4) is 0 Å². The van der Waals surface area contributed by atoms with Gasteiger partial charge in [-0.3, -0.25) is 0 Å². The van der Waals surface area contributed by atoms with Crippen LogP contribution in [0, 0.1) is 0 Å². The van der Waals surface area contributed by atoms with Crippen molar-refractivity contribution in [3.05, 3.63) is 0 Å². The number of hydrogen-bond donors (Lipinski definition) is 0. The summed E-state index contributed by atoms with van der Waals surface area (Å²) >= 11 is 0. The van der Waals surface area contributed by atoms with Crippen molar-refractivity contribution in [2.75, 3.05) is 0 Å². The average molecular weight is 102 g/mol. The molecule has 0 bridgehead atoms. The second-order valence-corrected chi connectivity index (χ2v) is 0. The Bertz CT molecular complexity index is 8.00. The van der Waals surface area contributed by atoms with Gasteiger partial charge in [0.1, 0.15) is 0 Å². The van der Waals surface area contributed by atoms with E-state index in [1.54, 1.807) is 0 Å². The molecule has 0 spiro atoms. The molecule has 4 heteroatoms. The van der Waals surface area contributed by atoms with Crippen molar-refractivity contribution in [1.82, 2.24) is 6.15 Å². The van der Waals surface area contributed by atoms with Gasteiger partial charge in [-0.05, 0) is 0 Å². The Balaban J connectivity index is 0. The topological polar surface area (TPSA) is 62.0 Å². The van der Waals surface area contributed by atoms with E-state index in [1.165, 1.54) is 0 Å². The molecule has 0 rings (SSSR count). The van der Waals surface area contributed by atoms with Gasteiger partial charge >= 0.3 is 0 Å². The maximum atomic E-state index is 0. The third-order valence-corrected chi connectivity index (χ3v) is 0. The third-order valence-electron chi connectivity index (χ3n) is 0. The van der Waals surface area contributed by atoms with Gasteiger partial charge in [0.2, 0.25) is 0 Å². The van der Waals surface area contributed by atoms with Crippen LogP contribution in [0.5, 0.6) is 0 Å². The molecule has 0 aliphatic heterocycles. The summed E-state index contributed by atoms with van der Waals surface area (Å²) in [6.07, 6.45) is 0. The zero-order valence-electron chi connectivity index (χ0n) is 2.39. The van der Waals surface area contributed by atoms with Gasteiger partial charge in [-0.15, -0.1) is 0 Å². The van der Waals surface area contributed by atoms with E-state index in [0.717, 1.165) is 0 Å². The summed E-state index contributed by atoms with van der Waals surface area (Å²) < 4.78 is 0. The molecule has 0 saturated carbocycles. The summed E-state index contributed by atoms with van der Waals surface area (Å²) in [5.41, 5.74) is 0. The summed E-state index contributed by atoms with van der Waals surface area (Å²) in [4.78, 5) is 0. The second-order valence-electron chi connectivity index (χ2n) is 0. The summed E-state index contributed by atoms with van der Waals surface area (Å²) in [5.74, 6) is 0. The smallest absolute Gasteiger partial charge is 0 e. The van der Waals surface area contributed by atoms with Crippen molar-refractivity contribution in [2.45, 2.75) is 0 Å². The predicted octanol–water partition coefficient (Wildman–Crippen LogP) is -0.825. The van der Waals surface area contributed by atoms with Crippen molar-refractivity contribution in [1.29, 1.82) is 0 Å². The Morgan fingerprint density at radius 1 is 1.00 bits per heavy atom. The molecule has 2 nitrogen and oxygen atoms in total. The average Bonchev–Trinajstić information content (AvgIpc) is 0. The molecule has 4 heavy (non-hydrogen) atoms. The quantitative estimate of drug-likeness (QED) is 0.283. The molecule has 0 aromatic heterocycles. The van der Waals surface area contributed by atoms with E-state index in [2.05, 4.69) is 0 Å². The minimum atomic E-state index is 0. The Labute approximate surface area is 71.7 Å². The number of nitrogens with zero attached hydrogens (tertiary/aromatic N) is 1. The van der Waals surface area contributed by atoms with E-state index < -0.39 is 0 Å². The largest absolute Gasteiger partial charge is 0.412 e. The van der Waals surface area contributed by atoms with Gasteiger partial charge in [-0.1, -0.05) is 0 Å². The van der Waals surface area contributed by atoms with E-state index in [1.807, 2.05) is 0 Å². The molecule has 0 atom stereocenters. The van der Waals surface area contributed by atoms with Crippen molar-refractivity contribution in [3.63, 3.8) is 0 Å². The summed E-state index contributed by atoms with van der Waals surface area (Å²) in [5, 5.41) is 0. The molecule has 0 unspecified atom stereocenters. The monoisotopic (exact) mass is 102 g/mol. The van der Waals surface area contributed by atoms with E-state index in [-0.39, 0.29) is 72.9 Å². The maximum Gasteiger partial charge on any atom is 0 e. The van der Waals surface area contributed by atoms with Gasteiger partial charge in [-0.25, -0.2) is 0 Å². The first-order valence-corrected chi connectivity index (χ1v) is 0. The van der Waals surface area contributed by atoms with Gasteiger partial charge < -0.3 is 5.48 Å². The minimum Gasteiger partial charge on any atom is -0.412 e. The Morgan fingerprint density at radius 2 is 1.00 bits per heavy atom. The van der Waals surface area contributed by atoms with Gasteiger partial charge in [0, 0.05) is 67.4 Å². The fraction of sp³-hybridized carbons (Fsp3) is 0. The van der Waals surface area contributed by atoms with E-state index in [9.17, 15) is 0 Å². The van der Waals surface area contributed by atoms with Crippen LogP contribution >= 0.6 is 9.90 Å². The van der Waals surface area contributed by atoms with Crippen LogP contribution in [-0.4, -0.2) is 56.9 Å². The first-order chi connectivity index (χ1) is 0. The third kappa shape index (κ3) is 9.01. The van der Waals surface area contributed by atoms with E-state index >= 15 is 0 Å². The van der Waals surface area contributed by atoms with Crippen LogP contribution < -0.4 is 6.15 Å². The molecule has 0 heterocycles. The first kappa shape index (κ1) is 37.7. The summed E-state index contributed by atoms with van der Waals surface area (Å²) in [6.45, 7) is 0. The zero-order chi connectivity index (χ0) is 0. The molecule has 0 amide bonds. The fourth-order valence-electron chi connectivity index (χ4n) is 0. The molecular weight excluding hydrogens is 100 g/mol. The zero-order valence-corrected chi connectivity index (χ0v) is 6.41. The molecule has 7 radical (unpaired) electrons. The van der Waals surface area contributed by atoms with Crippen LogP contribution in [0.1, 0.15) is 0 Å². The predicted molar refractivity (Wildman–Crippen MR) is 18.4 cm³/mol.